The van der Waals surface area contributed by atoms with Crippen LogP contribution < -0.4 is 11.2 Å². The maximum absolute atomic E-state index is 13.2. The molecule has 1 saturated heterocycles. The summed E-state index contributed by atoms with van der Waals surface area (Å²) >= 11 is 0. The molecule has 1 aliphatic rings. The molecule has 1 fully saturated rings. The normalized spacial score (nSPS) is 14.9. The Bertz CT molecular complexity index is 1030. The topological polar surface area (TPSA) is 99.7 Å². The fraction of sp³-hybridized carbons (Fsp3) is 0.273. The Morgan fingerprint density at radius 3 is 2.69 bits per heavy atom. The first-order chi connectivity index (χ1) is 14.1. The number of hydrogen-bond donors (Lipinski definition) is 3. The number of piperidine rings is 1. The molecule has 0 saturated carbocycles. The summed E-state index contributed by atoms with van der Waals surface area (Å²) in [7, 11) is -1.73. The van der Waals surface area contributed by atoms with E-state index < -0.39 is 7.12 Å². The van der Waals surface area contributed by atoms with Crippen molar-refractivity contribution in [2.24, 2.45) is 5.73 Å². The lowest BCUT2D eigenvalue weighted by molar-refractivity contribution is 0.0714. The zero-order chi connectivity index (χ0) is 20.4. The minimum atomic E-state index is -1.73. The highest BCUT2D eigenvalue weighted by Crippen LogP contribution is 2.29. The zero-order valence-electron chi connectivity index (χ0n) is 16.2. The average molecular weight is 389 g/mol. The van der Waals surface area contributed by atoms with Crippen LogP contribution in [0.1, 0.15) is 40.2 Å². The standard InChI is InChI=1S/C22H24BN3O3/c24-13-15-2-1-3-17(12-15)16-7-10-26(11-8-16)22(27)20-5-4-18-14-25-9-6-19(18)21(20)23(28)29/h1-6,9,12,14,16,28-29H,7-8,10-11,13,24H2. The lowest BCUT2D eigenvalue weighted by Crippen LogP contribution is -2.43. The molecule has 0 spiro atoms. The predicted octanol–water partition coefficient (Wildman–Crippen LogP) is 1.39. The zero-order valence-corrected chi connectivity index (χ0v) is 16.2. The Labute approximate surface area is 170 Å². The van der Waals surface area contributed by atoms with Gasteiger partial charge in [-0.15, -0.1) is 0 Å². The molecule has 1 aromatic heterocycles. The molecule has 29 heavy (non-hydrogen) atoms. The number of aromatic nitrogens is 1. The van der Waals surface area contributed by atoms with Gasteiger partial charge in [0.05, 0.1) is 0 Å². The fourth-order valence-corrected chi connectivity index (χ4v) is 4.22. The second kappa shape index (κ2) is 8.33. The Balaban J connectivity index is 1.55. The van der Waals surface area contributed by atoms with E-state index in [9.17, 15) is 14.8 Å². The fourth-order valence-electron chi connectivity index (χ4n) is 4.22. The summed E-state index contributed by atoms with van der Waals surface area (Å²) in [6.07, 6.45) is 4.97. The first-order valence-corrected chi connectivity index (χ1v) is 9.89. The Morgan fingerprint density at radius 1 is 1.17 bits per heavy atom. The van der Waals surface area contributed by atoms with Crippen LogP contribution in [0, 0.1) is 0 Å². The van der Waals surface area contributed by atoms with Gasteiger partial charge in [0.1, 0.15) is 0 Å². The number of nitrogens with two attached hydrogens (primary N) is 1. The molecule has 3 aromatic rings. The van der Waals surface area contributed by atoms with Gasteiger partial charge in [0, 0.05) is 43.1 Å². The molecule has 0 bridgehead atoms. The third-order valence-corrected chi connectivity index (χ3v) is 5.79. The molecule has 0 aliphatic carbocycles. The SMILES string of the molecule is NCc1cccc(C2CCN(C(=O)c3ccc4cnccc4c3B(O)O)CC2)c1. The van der Waals surface area contributed by atoms with Gasteiger partial charge in [-0.3, -0.25) is 9.78 Å². The van der Waals surface area contributed by atoms with Crippen molar-refractivity contribution < 1.29 is 14.8 Å². The van der Waals surface area contributed by atoms with Crippen molar-refractivity contribution in [2.45, 2.75) is 25.3 Å². The molecule has 6 nitrogen and oxygen atoms in total. The highest BCUT2D eigenvalue weighted by molar-refractivity contribution is 6.63. The van der Waals surface area contributed by atoms with Crippen LogP contribution in [0.15, 0.2) is 54.9 Å². The number of amides is 1. The lowest BCUT2D eigenvalue weighted by Gasteiger charge is -2.33. The van der Waals surface area contributed by atoms with Crippen molar-refractivity contribution in [2.75, 3.05) is 13.1 Å². The number of pyridine rings is 1. The van der Waals surface area contributed by atoms with Crippen LogP contribution in [-0.4, -0.2) is 46.0 Å². The van der Waals surface area contributed by atoms with E-state index in [2.05, 4.69) is 17.1 Å². The van der Waals surface area contributed by atoms with E-state index in [-0.39, 0.29) is 11.4 Å². The van der Waals surface area contributed by atoms with Gasteiger partial charge < -0.3 is 20.7 Å². The van der Waals surface area contributed by atoms with E-state index in [1.54, 1.807) is 35.5 Å². The molecule has 2 aromatic carbocycles. The molecule has 4 rings (SSSR count). The summed E-state index contributed by atoms with van der Waals surface area (Å²) in [5.74, 6) is 0.233. The van der Waals surface area contributed by atoms with Crippen LogP contribution in [-0.2, 0) is 6.54 Å². The van der Waals surface area contributed by atoms with E-state index in [0.29, 0.717) is 36.5 Å². The van der Waals surface area contributed by atoms with Gasteiger partial charge >= 0.3 is 7.12 Å². The summed E-state index contributed by atoms with van der Waals surface area (Å²) in [5, 5.41) is 21.3. The number of carbonyl (C=O) groups excluding carboxylic acids is 1. The summed E-state index contributed by atoms with van der Waals surface area (Å²) in [6.45, 7) is 1.78. The van der Waals surface area contributed by atoms with Crippen molar-refractivity contribution >= 4 is 29.3 Å². The van der Waals surface area contributed by atoms with Crippen molar-refractivity contribution in [3.63, 3.8) is 0 Å². The first kappa shape index (κ1) is 19.6. The van der Waals surface area contributed by atoms with Gasteiger partial charge in [0.2, 0.25) is 0 Å². The third-order valence-electron chi connectivity index (χ3n) is 5.79. The number of likely N-dealkylation sites (tertiary alicyclic amines) is 1. The van der Waals surface area contributed by atoms with Crippen LogP contribution in [0.5, 0.6) is 0 Å². The maximum atomic E-state index is 13.2. The maximum Gasteiger partial charge on any atom is 0.489 e. The van der Waals surface area contributed by atoms with Gasteiger partial charge in [-0.2, -0.15) is 0 Å². The number of nitrogens with zero attached hydrogens (tertiary/aromatic N) is 2. The highest BCUT2D eigenvalue weighted by atomic mass is 16.4. The van der Waals surface area contributed by atoms with Crippen molar-refractivity contribution in [1.29, 1.82) is 0 Å². The quantitative estimate of drug-likeness (QED) is 0.586. The molecule has 2 heterocycles. The van der Waals surface area contributed by atoms with E-state index in [1.807, 2.05) is 12.1 Å². The summed E-state index contributed by atoms with van der Waals surface area (Å²) in [6, 6.07) is 13.5. The van der Waals surface area contributed by atoms with E-state index in [1.165, 1.54) is 5.56 Å². The number of benzene rings is 2. The van der Waals surface area contributed by atoms with E-state index in [4.69, 9.17) is 5.73 Å². The molecule has 0 radical (unpaired) electrons. The predicted molar refractivity (Wildman–Crippen MR) is 114 cm³/mol. The molecular weight excluding hydrogens is 365 g/mol. The Kier molecular flexibility index (Phi) is 5.62. The summed E-state index contributed by atoms with van der Waals surface area (Å²) in [4.78, 5) is 19.0. The second-order valence-electron chi connectivity index (χ2n) is 7.51. The second-order valence-corrected chi connectivity index (χ2v) is 7.51. The molecule has 7 heteroatoms. The summed E-state index contributed by atoms with van der Waals surface area (Å²) < 4.78 is 0. The van der Waals surface area contributed by atoms with Gasteiger partial charge in [0.25, 0.3) is 5.91 Å². The average Bonchev–Trinajstić information content (AvgIpc) is 2.77. The molecule has 0 atom stereocenters. The smallest absolute Gasteiger partial charge is 0.423 e. The van der Waals surface area contributed by atoms with Gasteiger partial charge in [-0.05, 0) is 52.8 Å². The lowest BCUT2D eigenvalue weighted by atomic mass is 9.73. The molecule has 4 N–H and O–H groups in total. The molecular formula is C22H24BN3O3. The van der Waals surface area contributed by atoms with Crippen LogP contribution in [0.3, 0.4) is 0 Å². The molecule has 0 unspecified atom stereocenters. The highest BCUT2D eigenvalue weighted by Gasteiger charge is 2.29. The van der Waals surface area contributed by atoms with E-state index in [0.717, 1.165) is 23.8 Å². The van der Waals surface area contributed by atoms with Crippen molar-refractivity contribution in [3.05, 3.63) is 71.5 Å². The monoisotopic (exact) mass is 389 g/mol. The minimum Gasteiger partial charge on any atom is -0.423 e. The number of rotatable bonds is 4. The Hall–Kier alpha value is -2.74. The van der Waals surface area contributed by atoms with Crippen molar-refractivity contribution in [3.8, 4) is 0 Å². The van der Waals surface area contributed by atoms with Gasteiger partial charge in [-0.25, -0.2) is 0 Å². The Morgan fingerprint density at radius 2 is 1.97 bits per heavy atom. The van der Waals surface area contributed by atoms with Crippen LogP contribution >= 0.6 is 0 Å². The van der Waals surface area contributed by atoms with E-state index >= 15 is 0 Å². The molecule has 148 valence electrons. The van der Waals surface area contributed by atoms with Gasteiger partial charge in [0.15, 0.2) is 0 Å². The minimum absolute atomic E-state index is 0.166. The first-order valence-electron chi connectivity index (χ1n) is 9.89. The number of hydrogen-bond acceptors (Lipinski definition) is 5. The van der Waals surface area contributed by atoms with Crippen LogP contribution in [0.25, 0.3) is 10.8 Å². The van der Waals surface area contributed by atoms with Gasteiger partial charge in [-0.1, -0.05) is 30.3 Å². The van der Waals surface area contributed by atoms with Crippen molar-refractivity contribution in [1.82, 2.24) is 9.88 Å². The summed E-state index contributed by atoms with van der Waals surface area (Å²) in [5.41, 5.74) is 8.72. The van der Waals surface area contributed by atoms with Crippen LogP contribution in [0.2, 0.25) is 0 Å². The number of fused-ring (bicyclic) bond motifs is 1. The third kappa shape index (κ3) is 3.89. The molecule has 1 aliphatic heterocycles. The van der Waals surface area contributed by atoms with Crippen LogP contribution in [0.4, 0.5) is 0 Å². The number of carbonyl (C=O) groups is 1. The molecule has 1 amide bonds. The largest absolute Gasteiger partial charge is 0.489 e.